The molecule has 0 saturated carbocycles. The quantitative estimate of drug-likeness (QED) is 0.670. The molecular weight excluding hydrogens is 250 g/mol. The molecule has 4 nitrogen and oxygen atoms in total. The van der Waals surface area contributed by atoms with Crippen LogP contribution in [-0.4, -0.2) is 29.3 Å². The average molecular weight is 281 g/mol. The highest BCUT2D eigenvalue weighted by atomic mass is 16.5. The maximum absolute atomic E-state index is 5.70. The van der Waals surface area contributed by atoms with Crippen molar-refractivity contribution in [3.8, 4) is 0 Å². The highest BCUT2D eigenvalue weighted by molar-refractivity contribution is 5.04. The van der Waals surface area contributed by atoms with Gasteiger partial charge in [0.05, 0.1) is 12.3 Å². The van der Waals surface area contributed by atoms with Crippen LogP contribution >= 0.6 is 0 Å². The molecule has 0 atom stereocenters. The second-order valence-corrected chi connectivity index (χ2v) is 6.27. The predicted octanol–water partition coefficient (Wildman–Crippen LogP) is 3.00. The number of aryl methyl sites for hydroxylation is 1. The largest absolute Gasteiger partial charge is 0.380 e. The van der Waals surface area contributed by atoms with Gasteiger partial charge in [-0.15, -0.1) is 0 Å². The zero-order valence-electron chi connectivity index (χ0n) is 13.8. The Labute approximate surface area is 123 Å². The van der Waals surface area contributed by atoms with Gasteiger partial charge in [0.2, 0.25) is 0 Å². The minimum atomic E-state index is 0.673. The van der Waals surface area contributed by atoms with Gasteiger partial charge in [-0.2, -0.15) is 0 Å². The van der Waals surface area contributed by atoms with E-state index >= 15 is 0 Å². The van der Waals surface area contributed by atoms with E-state index in [1.807, 2.05) is 6.20 Å². The van der Waals surface area contributed by atoms with Gasteiger partial charge < -0.3 is 14.6 Å². The number of nitrogens with one attached hydrogen (secondary N) is 1. The summed E-state index contributed by atoms with van der Waals surface area (Å²) in [5, 5.41) is 3.47. The van der Waals surface area contributed by atoms with Gasteiger partial charge in [0, 0.05) is 25.9 Å². The van der Waals surface area contributed by atoms with E-state index < -0.39 is 0 Å². The van der Waals surface area contributed by atoms with Crippen LogP contribution in [0.5, 0.6) is 0 Å². The van der Waals surface area contributed by atoms with Crippen LogP contribution in [0.25, 0.3) is 0 Å². The number of hydrogen-bond acceptors (Lipinski definition) is 3. The summed E-state index contributed by atoms with van der Waals surface area (Å²) in [5.41, 5.74) is 1.25. The van der Waals surface area contributed by atoms with Crippen LogP contribution in [0.15, 0.2) is 6.20 Å². The third-order valence-electron chi connectivity index (χ3n) is 3.30. The minimum absolute atomic E-state index is 0.673. The van der Waals surface area contributed by atoms with Crippen molar-refractivity contribution in [3.63, 3.8) is 0 Å². The molecule has 1 aromatic rings. The van der Waals surface area contributed by atoms with Crippen LogP contribution in [0.1, 0.15) is 45.6 Å². The minimum Gasteiger partial charge on any atom is -0.380 e. The molecule has 0 fully saturated rings. The fraction of sp³-hybridized carbons (Fsp3) is 0.812. The van der Waals surface area contributed by atoms with Crippen LogP contribution in [-0.2, 0) is 17.8 Å². The van der Waals surface area contributed by atoms with Gasteiger partial charge in [0.1, 0.15) is 5.82 Å². The maximum Gasteiger partial charge on any atom is 0.105 e. The summed E-state index contributed by atoms with van der Waals surface area (Å²) in [6.07, 6.45) is 3.10. The van der Waals surface area contributed by atoms with Crippen molar-refractivity contribution in [1.29, 1.82) is 0 Å². The summed E-state index contributed by atoms with van der Waals surface area (Å²) in [6, 6.07) is 0. The lowest BCUT2D eigenvalue weighted by Crippen LogP contribution is -2.22. The molecule has 0 unspecified atom stereocenters. The van der Waals surface area contributed by atoms with Gasteiger partial charge in [0.15, 0.2) is 0 Å². The fourth-order valence-electron chi connectivity index (χ4n) is 2.03. The second kappa shape index (κ2) is 9.14. The number of hydrogen-bond donors (Lipinski definition) is 1. The van der Waals surface area contributed by atoms with Crippen LogP contribution in [0.2, 0.25) is 0 Å². The Balaban J connectivity index is 2.34. The molecule has 0 saturated heterocycles. The molecule has 0 aromatic carbocycles. The van der Waals surface area contributed by atoms with Gasteiger partial charge in [-0.05, 0) is 31.7 Å². The Bertz CT molecular complexity index is 372. The Morgan fingerprint density at radius 3 is 2.60 bits per heavy atom. The van der Waals surface area contributed by atoms with E-state index in [9.17, 15) is 0 Å². The molecule has 1 rings (SSSR count). The van der Waals surface area contributed by atoms with Crippen molar-refractivity contribution in [2.75, 3.05) is 19.8 Å². The van der Waals surface area contributed by atoms with Crippen LogP contribution in [0.3, 0.4) is 0 Å². The van der Waals surface area contributed by atoms with Gasteiger partial charge in [0.25, 0.3) is 0 Å². The van der Waals surface area contributed by atoms with E-state index in [0.29, 0.717) is 11.8 Å². The number of ether oxygens (including phenoxy) is 1. The normalized spacial score (nSPS) is 11.8. The summed E-state index contributed by atoms with van der Waals surface area (Å²) in [7, 11) is 0. The number of nitrogens with zero attached hydrogens (tertiary/aromatic N) is 2. The highest BCUT2D eigenvalue weighted by Crippen LogP contribution is 2.06. The lowest BCUT2D eigenvalue weighted by atomic mass is 10.1. The van der Waals surface area contributed by atoms with Gasteiger partial charge in [-0.25, -0.2) is 4.98 Å². The number of aromatic nitrogens is 2. The van der Waals surface area contributed by atoms with Crippen molar-refractivity contribution in [1.82, 2.24) is 14.9 Å². The third-order valence-corrected chi connectivity index (χ3v) is 3.30. The third kappa shape index (κ3) is 6.53. The van der Waals surface area contributed by atoms with Crippen molar-refractivity contribution in [3.05, 3.63) is 17.7 Å². The highest BCUT2D eigenvalue weighted by Gasteiger charge is 2.06. The standard InChI is InChI=1S/C16H31N3O/c1-13(2)6-8-20-9-7-19-15(5)18-12-16(19)11-17-10-14(3)4/h12-14,17H,6-11H2,1-5H3. The lowest BCUT2D eigenvalue weighted by Gasteiger charge is -2.13. The fourth-order valence-corrected chi connectivity index (χ4v) is 2.03. The molecule has 0 amide bonds. The number of rotatable bonds is 10. The van der Waals surface area contributed by atoms with E-state index in [1.165, 1.54) is 5.69 Å². The summed E-state index contributed by atoms with van der Waals surface area (Å²) in [6.45, 7) is 15.4. The number of imidazole rings is 1. The molecule has 0 aliphatic rings. The van der Waals surface area contributed by atoms with Crippen LogP contribution in [0, 0.1) is 18.8 Å². The van der Waals surface area contributed by atoms with Gasteiger partial charge in [-0.3, -0.25) is 0 Å². The smallest absolute Gasteiger partial charge is 0.105 e. The molecule has 1 heterocycles. The monoisotopic (exact) mass is 281 g/mol. The molecule has 20 heavy (non-hydrogen) atoms. The van der Waals surface area contributed by atoms with Gasteiger partial charge >= 0.3 is 0 Å². The van der Waals surface area contributed by atoms with Crippen molar-refractivity contribution in [2.45, 2.75) is 54.1 Å². The predicted molar refractivity (Wildman–Crippen MR) is 83.8 cm³/mol. The van der Waals surface area contributed by atoms with Crippen molar-refractivity contribution in [2.24, 2.45) is 11.8 Å². The lowest BCUT2D eigenvalue weighted by molar-refractivity contribution is 0.115. The van der Waals surface area contributed by atoms with Crippen molar-refractivity contribution < 1.29 is 4.74 Å². The second-order valence-electron chi connectivity index (χ2n) is 6.27. The first-order valence-electron chi connectivity index (χ1n) is 7.80. The molecular formula is C16H31N3O. The van der Waals surface area contributed by atoms with Crippen LogP contribution in [0.4, 0.5) is 0 Å². The molecule has 4 heteroatoms. The van der Waals surface area contributed by atoms with E-state index in [2.05, 4.69) is 49.5 Å². The Morgan fingerprint density at radius 1 is 1.20 bits per heavy atom. The summed E-state index contributed by atoms with van der Waals surface area (Å²) in [5.74, 6) is 2.45. The molecule has 0 radical (unpaired) electrons. The van der Waals surface area contributed by atoms with E-state index in [-0.39, 0.29) is 0 Å². The van der Waals surface area contributed by atoms with Crippen LogP contribution < -0.4 is 5.32 Å². The summed E-state index contributed by atoms with van der Waals surface area (Å²) >= 11 is 0. The Hall–Kier alpha value is -0.870. The van der Waals surface area contributed by atoms with E-state index in [4.69, 9.17) is 4.74 Å². The van der Waals surface area contributed by atoms with E-state index in [1.54, 1.807) is 0 Å². The molecule has 0 spiro atoms. The first-order valence-corrected chi connectivity index (χ1v) is 7.80. The summed E-state index contributed by atoms with van der Waals surface area (Å²) in [4.78, 5) is 4.41. The van der Waals surface area contributed by atoms with Crippen molar-refractivity contribution >= 4 is 0 Å². The molecule has 116 valence electrons. The van der Waals surface area contributed by atoms with E-state index in [0.717, 1.165) is 45.1 Å². The molecule has 0 aliphatic carbocycles. The first kappa shape index (κ1) is 17.2. The topological polar surface area (TPSA) is 39.1 Å². The SMILES string of the molecule is Cc1ncc(CNCC(C)C)n1CCOCCC(C)C. The van der Waals surface area contributed by atoms with Gasteiger partial charge in [-0.1, -0.05) is 27.7 Å². The molecule has 1 N–H and O–H groups in total. The molecule has 0 aliphatic heterocycles. The first-order chi connectivity index (χ1) is 9.50. The Morgan fingerprint density at radius 2 is 1.95 bits per heavy atom. The molecule has 1 aromatic heterocycles. The molecule has 0 bridgehead atoms. The zero-order valence-corrected chi connectivity index (χ0v) is 13.8. The Kier molecular flexibility index (Phi) is 7.85. The maximum atomic E-state index is 5.70. The zero-order chi connectivity index (χ0) is 15.0. The summed E-state index contributed by atoms with van der Waals surface area (Å²) < 4.78 is 7.95. The average Bonchev–Trinajstić information content (AvgIpc) is 2.70.